The van der Waals surface area contributed by atoms with E-state index >= 15 is 0 Å². The predicted molar refractivity (Wildman–Crippen MR) is 90.8 cm³/mol. The Labute approximate surface area is 141 Å². The summed E-state index contributed by atoms with van der Waals surface area (Å²) in [6, 6.07) is 13.4. The average molecular weight is 416 g/mol. The van der Waals surface area contributed by atoms with Crippen LogP contribution in [0.5, 0.6) is 17.2 Å². The van der Waals surface area contributed by atoms with E-state index in [1.807, 2.05) is 42.5 Å². The quantitative estimate of drug-likeness (QED) is 0.479. The van der Waals surface area contributed by atoms with Gasteiger partial charge in [0.05, 0.1) is 7.11 Å². The van der Waals surface area contributed by atoms with Crippen LogP contribution in [0, 0.1) is 0 Å². The first-order chi connectivity index (χ1) is 10.2. The van der Waals surface area contributed by atoms with Crippen LogP contribution >= 0.6 is 31.9 Å². The highest BCUT2D eigenvalue weighted by atomic mass is 79.9. The Hall–Kier alpha value is -1.20. The molecule has 0 heterocycles. The van der Waals surface area contributed by atoms with Gasteiger partial charge in [0.1, 0.15) is 30.5 Å². The molecule has 0 saturated heterocycles. The van der Waals surface area contributed by atoms with E-state index in [0.717, 1.165) is 32.6 Å². The average Bonchev–Trinajstić information content (AvgIpc) is 2.53. The fourth-order valence-electron chi connectivity index (χ4n) is 1.78. The van der Waals surface area contributed by atoms with E-state index in [9.17, 15) is 0 Å². The Balaban J connectivity index is 1.81. The largest absolute Gasteiger partial charge is 0.497 e. The Morgan fingerprint density at radius 2 is 1.57 bits per heavy atom. The van der Waals surface area contributed by atoms with Gasteiger partial charge in [-0.05, 0) is 42.5 Å². The fraction of sp³-hybridized carbons (Fsp3) is 0.250. The summed E-state index contributed by atoms with van der Waals surface area (Å²) in [5, 5.41) is 0.751. The van der Waals surface area contributed by atoms with Crippen LogP contribution in [0.4, 0.5) is 0 Å². The van der Waals surface area contributed by atoms with Gasteiger partial charge in [0.25, 0.3) is 0 Å². The summed E-state index contributed by atoms with van der Waals surface area (Å²) in [4.78, 5) is 0. The zero-order valence-corrected chi connectivity index (χ0v) is 14.8. The van der Waals surface area contributed by atoms with Gasteiger partial charge in [0, 0.05) is 15.4 Å². The number of hydrogen-bond donors (Lipinski definition) is 0. The lowest BCUT2D eigenvalue weighted by Crippen LogP contribution is -2.09. The molecule has 21 heavy (non-hydrogen) atoms. The van der Waals surface area contributed by atoms with Gasteiger partial charge in [-0.2, -0.15) is 0 Å². The minimum absolute atomic E-state index is 0.490. The SMILES string of the molecule is COc1ccc(OCCOc2ccc(Br)cc2CBr)cc1. The second kappa shape index (κ2) is 8.29. The number of methoxy groups -OCH3 is 1. The molecule has 112 valence electrons. The van der Waals surface area contributed by atoms with E-state index in [1.54, 1.807) is 7.11 Å². The Kier molecular flexibility index (Phi) is 6.39. The molecule has 0 aliphatic carbocycles. The van der Waals surface area contributed by atoms with Gasteiger partial charge in [-0.25, -0.2) is 0 Å². The number of ether oxygens (including phenoxy) is 3. The summed E-state index contributed by atoms with van der Waals surface area (Å²) in [6.07, 6.45) is 0. The summed E-state index contributed by atoms with van der Waals surface area (Å²) in [6.45, 7) is 0.984. The Morgan fingerprint density at radius 1 is 0.905 bits per heavy atom. The van der Waals surface area contributed by atoms with Crippen molar-refractivity contribution in [1.29, 1.82) is 0 Å². The molecule has 0 amide bonds. The summed E-state index contributed by atoms with van der Waals surface area (Å²) in [5.41, 5.74) is 1.11. The van der Waals surface area contributed by atoms with Gasteiger partial charge in [0.15, 0.2) is 0 Å². The summed E-state index contributed by atoms with van der Waals surface area (Å²) >= 11 is 6.91. The molecular formula is C16H16Br2O3. The maximum absolute atomic E-state index is 5.75. The van der Waals surface area contributed by atoms with Crippen LogP contribution in [0.1, 0.15) is 5.56 Å². The molecule has 0 saturated carbocycles. The molecule has 0 N–H and O–H groups in total. The number of hydrogen-bond acceptors (Lipinski definition) is 3. The van der Waals surface area contributed by atoms with Crippen molar-refractivity contribution in [3.05, 3.63) is 52.5 Å². The molecule has 0 atom stereocenters. The van der Waals surface area contributed by atoms with E-state index in [-0.39, 0.29) is 0 Å². The summed E-state index contributed by atoms with van der Waals surface area (Å²) < 4.78 is 17.5. The molecule has 0 aliphatic heterocycles. The van der Waals surface area contributed by atoms with E-state index < -0.39 is 0 Å². The molecule has 2 rings (SSSR count). The lowest BCUT2D eigenvalue weighted by atomic mass is 10.2. The molecular weight excluding hydrogens is 400 g/mol. The second-order valence-electron chi connectivity index (χ2n) is 4.26. The maximum atomic E-state index is 5.75. The molecule has 0 spiro atoms. The minimum atomic E-state index is 0.490. The lowest BCUT2D eigenvalue weighted by Gasteiger charge is -2.11. The van der Waals surface area contributed by atoms with E-state index in [1.165, 1.54) is 0 Å². The molecule has 0 fully saturated rings. The third-order valence-electron chi connectivity index (χ3n) is 2.84. The smallest absolute Gasteiger partial charge is 0.123 e. The van der Waals surface area contributed by atoms with Gasteiger partial charge in [0.2, 0.25) is 0 Å². The van der Waals surface area contributed by atoms with Crippen molar-refractivity contribution in [2.75, 3.05) is 20.3 Å². The molecule has 0 bridgehead atoms. The predicted octanol–water partition coefficient (Wildman–Crippen LogP) is 4.81. The van der Waals surface area contributed by atoms with E-state index in [2.05, 4.69) is 31.9 Å². The topological polar surface area (TPSA) is 27.7 Å². The molecule has 2 aromatic rings. The normalized spacial score (nSPS) is 10.2. The van der Waals surface area contributed by atoms with Gasteiger partial charge in [-0.15, -0.1) is 0 Å². The monoisotopic (exact) mass is 414 g/mol. The van der Waals surface area contributed by atoms with Crippen LogP contribution in [-0.4, -0.2) is 20.3 Å². The van der Waals surface area contributed by atoms with Crippen molar-refractivity contribution in [1.82, 2.24) is 0 Å². The number of alkyl halides is 1. The highest BCUT2D eigenvalue weighted by molar-refractivity contribution is 9.10. The van der Waals surface area contributed by atoms with Crippen LogP contribution in [0.3, 0.4) is 0 Å². The molecule has 0 radical (unpaired) electrons. The second-order valence-corrected chi connectivity index (χ2v) is 5.73. The lowest BCUT2D eigenvalue weighted by molar-refractivity contribution is 0.216. The third kappa shape index (κ3) is 4.93. The van der Waals surface area contributed by atoms with Crippen molar-refractivity contribution < 1.29 is 14.2 Å². The van der Waals surface area contributed by atoms with Crippen LogP contribution in [-0.2, 0) is 5.33 Å². The first kappa shape index (κ1) is 16.2. The van der Waals surface area contributed by atoms with E-state index in [0.29, 0.717) is 13.2 Å². The van der Waals surface area contributed by atoms with Crippen LogP contribution in [0.25, 0.3) is 0 Å². The number of rotatable bonds is 7. The van der Waals surface area contributed by atoms with Crippen molar-refractivity contribution in [2.24, 2.45) is 0 Å². The highest BCUT2D eigenvalue weighted by Gasteiger charge is 2.03. The molecule has 5 heteroatoms. The standard InChI is InChI=1S/C16H16Br2O3/c1-19-14-3-5-15(6-4-14)20-8-9-21-16-7-2-13(18)10-12(16)11-17/h2-7,10H,8-9,11H2,1H3. The zero-order chi connectivity index (χ0) is 15.1. The van der Waals surface area contributed by atoms with Crippen molar-refractivity contribution in [3.8, 4) is 17.2 Å². The maximum Gasteiger partial charge on any atom is 0.123 e. The fourth-order valence-corrected chi connectivity index (χ4v) is 2.62. The number of halogens is 2. The summed E-state index contributed by atoms with van der Waals surface area (Å²) in [5.74, 6) is 2.49. The number of benzene rings is 2. The summed E-state index contributed by atoms with van der Waals surface area (Å²) in [7, 11) is 1.64. The first-order valence-corrected chi connectivity index (χ1v) is 8.38. The molecule has 0 aliphatic rings. The van der Waals surface area contributed by atoms with E-state index in [4.69, 9.17) is 14.2 Å². The van der Waals surface area contributed by atoms with Crippen LogP contribution in [0.2, 0.25) is 0 Å². The van der Waals surface area contributed by atoms with Gasteiger partial charge >= 0.3 is 0 Å². The van der Waals surface area contributed by atoms with Crippen LogP contribution in [0.15, 0.2) is 46.9 Å². The van der Waals surface area contributed by atoms with Crippen LogP contribution < -0.4 is 14.2 Å². The van der Waals surface area contributed by atoms with Gasteiger partial charge < -0.3 is 14.2 Å². The molecule has 0 aromatic heterocycles. The Bertz CT molecular complexity index is 570. The van der Waals surface area contributed by atoms with Crippen molar-refractivity contribution in [3.63, 3.8) is 0 Å². The van der Waals surface area contributed by atoms with Gasteiger partial charge in [-0.3, -0.25) is 0 Å². The van der Waals surface area contributed by atoms with Gasteiger partial charge in [-0.1, -0.05) is 31.9 Å². The Morgan fingerprint density at radius 3 is 2.24 bits per heavy atom. The third-order valence-corrected chi connectivity index (χ3v) is 3.93. The zero-order valence-electron chi connectivity index (χ0n) is 11.6. The molecule has 2 aromatic carbocycles. The molecule has 3 nitrogen and oxygen atoms in total. The van der Waals surface area contributed by atoms with Crippen molar-refractivity contribution in [2.45, 2.75) is 5.33 Å². The molecule has 0 unspecified atom stereocenters. The minimum Gasteiger partial charge on any atom is -0.497 e. The highest BCUT2D eigenvalue weighted by Crippen LogP contribution is 2.25. The first-order valence-electron chi connectivity index (χ1n) is 6.47. The van der Waals surface area contributed by atoms with Crippen molar-refractivity contribution >= 4 is 31.9 Å².